The van der Waals surface area contributed by atoms with Crippen LogP contribution in [0.1, 0.15) is 36.6 Å². The van der Waals surface area contributed by atoms with E-state index in [0.717, 1.165) is 31.7 Å². The molecule has 0 radical (unpaired) electrons. The van der Waals surface area contributed by atoms with Crippen LogP contribution in [-0.4, -0.2) is 63.2 Å². The third kappa shape index (κ3) is 4.27. The first-order valence-corrected chi connectivity index (χ1v) is 11.6. The van der Waals surface area contributed by atoms with Crippen molar-refractivity contribution in [3.8, 4) is 0 Å². The van der Waals surface area contributed by atoms with Gasteiger partial charge in [-0.1, -0.05) is 18.6 Å². The van der Waals surface area contributed by atoms with Gasteiger partial charge in [0, 0.05) is 19.2 Å². The van der Waals surface area contributed by atoms with E-state index in [1.165, 1.54) is 12.5 Å². The van der Waals surface area contributed by atoms with Crippen LogP contribution in [0.4, 0.5) is 0 Å². The number of fused-ring (bicyclic) bond motifs is 1. The maximum Gasteiger partial charge on any atom is 0.285 e. The fourth-order valence-electron chi connectivity index (χ4n) is 4.04. The van der Waals surface area contributed by atoms with E-state index in [-0.39, 0.29) is 23.4 Å². The van der Waals surface area contributed by atoms with E-state index in [9.17, 15) is 13.2 Å². The van der Waals surface area contributed by atoms with E-state index in [2.05, 4.69) is 14.6 Å². The molecule has 1 amide bonds. The topological polar surface area (TPSA) is 95.2 Å². The summed E-state index contributed by atoms with van der Waals surface area (Å²) in [6.45, 7) is 2.40. The van der Waals surface area contributed by atoms with Gasteiger partial charge in [-0.25, -0.2) is 0 Å². The van der Waals surface area contributed by atoms with Gasteiger partial charge < -0.3 is 14.6 Å². The van der Waals surface area contributed by atoms with Crippen LogP contribution in [0.15, 0.2) is 56.4 Å². The highest BCUT2D eigenvalue weighted by molar-refractivity contribution is 7.90. The number of nitrogens with zero attached hydrogens (tertiary/aromatic N) is 3. The molecule has 2 aliphatic heterocycles. The van der Waals surface area contributed by atoms with Crippen LogP contribution in [0.5, 0.6) is 0 Å². The Bertz CT molecular complexity index is 1030. The molecule has 4 rings (SSSR count). The second-order valence-corrected chi connectivity index (χ2v) is 9.25. The van der Waals surface area contributed by atoms with Gasteiger partial charge in [0.1, 0.15) is 10.7 Å². The number of amidine groups is 1. The number of rotatable bonds is 6. The maximum absolute atomic E-state index is 12.6. The minimum atomic E-state index is -3.71. The number of likely N-dealkylation sites (tertiary alicyclic amines) is 1. The third-order valence-electron chi connectivity index (χ3n) is 5.55. The summed E-state index contributed by atoms with van der Waals surface area (Å²) in [4.78, 5) is 16.7. The van der Waals surface area contributed by atoms with Crippen LogP contribution >= 0.6 is 0 Å². The van der Waals surface area contributed by atoms with Gasteiger partial charge in [-0.2, -0.15) is 8.42 Å². The number of likely N-dealkylation sites (N-methyl/N-ethyl adjacent to an activating group) is 1. The van der Waals surface area contributed by atoms with Gasteiger partial charge in [0.05, 0.1) is 18.8 Å². The summed E-state index contributed by atoms with van der Waals surface area (Å²) in [5.74, 6) is 0.931. The highest BCUT2D eigenvalue weighted by Gasteiger charge is 2.31. The summed E-state index contributed by atoms with van der Waals surface area (Å²) in [5.41, 5.74) is 0.523. The van der Waals surface area contributed by atoms with Gasteiger partial charge in [-0.05, 0) is 50.2 Å². The SMILES string of the molecule is CN(CC(=O)NCC(c1ccco1)N1CCCCC1)C1=NS(=O)(=O)c2ccccc21. The Kier molecular flexibility index (Phi) is 5.92. The van der Waals surface area contributed by atoms with Crippen LogP contribution in [-0.2, 0) is 14.8 Å². The largest absolute Gasteiger partial charge is 0.468 e. The third-order valence-corrected chi connectivity index (χ3v) is 6.88. The first kappa shape index (κ1) is 20.6. The van der Waals surface area contributed by atoms with Gasteiger partial charge in [0.15, 0.2) is 5.84 Å². The molecule has 1 fully saturated rings. The Labute approximate surface area is 176 Å². The lowest BCUT2D eigenvalue weighted by atomic mass is 10.1. The van der Waals surface area contributed by atoms with Crippen molar-refractivity contribution in [1.82, 2.24) is 15.1 Å². The van der Waals surface area contributed by atoms with Gasteiger partial charge in [-0.15, -0.1) is 4.40 Å². The Morgan fingerprint density at radius 1 is 1.20 bits per heavy atom. The highest BCUT2D eigenvalue weighted by Crippen LogP contribution is 2.27. The molecule has 30 heavy (non-hydrogen) atoms. The molecule has 2 aromatic rings. The van der Waals surface area contributed by atoms with Gasteiger partial charge in [0.2, 0.25) is 5.91 Å². The zero-order valence-corrected chi connectivity index (χ0v) is 17.8. The van der Waals surface area contributed by atoms with Crippen LogP contribution in [0, 0.1) is 0 Å². The van der Waals surface area contributed by atoms with Crippen molar-refractivity contribution in [2.75, 3.05) is 33.2 Å². The number of amides is 1. The monoisotopic (exact) mass is 430 g/mol. The van der Waals surface area contributed by atoms with E-state index >= 15 is 0 Å². The predicted octanol–water partition coefficient (Wildman–Crippen LogP) is 2.00. The average molecular weight is 431 g/mol. The minimum absolute atomic E-state index is 0.00750. The first-order chi connectivity index (χ1) is 14.5. The highest BCUT2D eigenvalue weighted by atomic mass is 32.2. The van der Waals surface area contributed by atoms with Gasteiger partial charge in [0.25, 0.3) is 10.0 Å². The molecule has 1 unspecified atom stereocenters. The van der Waals surface area contributed by atoms with Crippen molar-refractivity contribution < 1.29 is 17.6 Å². The summed E-state index contributed by atoms with van der Waals surface area (Å²) >= 11 is 0. The summed E-state index contributed by atoms with van der Waals surface area (Å²) < 4.78 is 34.0. The Hall–Kier alpha value is -2.65. The molecular formula is C21H26N4O4S. The minimum Gasteiger partial charge on any atom is -0.468 e. The van der Waals surface area contributed by atoms with Crippen LogP contribution < -0.4 is 5.32 Å². The molecular weight excluding hydrogens is 404 g/mol. The first-order valence-electron chi connectivity index (χ1n) is 10.2. The van der Waals surface area contributed by atoms with Gasteiger partial charge >= 0.3 is 0 Å². The summed E-state index contributed by atoms with van der Waals surface area (Å²) in [6, 6.07) is 10.4. The molecule has 8 nitrogen and oxygen atoms in total. The second kappa shape index (κ2) is 8.61. The number of carbonyl (C=O) groups is 1. The van der Waals surface area contributed by atoms with Crippen LogP contribution in [0.2, 0.25) is 0 Å². The molecule has 0 bridgehead atoms. The van der Waals surface area contributed by atoms with E-state index < -0.39 is 10.0 Å². The predicted molar refractivity (Wildman–Crippen MR) is 113 cm³/mol. The van der Waals surface area contributed by atoms with Crippen molar-refractivity contribution in [3.63, 3.8) is 0 Å². The van der Waals surface area contributed by atoms with Crippen molar-refractivity contribution >= 4 is 21.8 Å². The van der Waals surface area contributed by atoms with Crippen molar-refractivity contribution in [2.45, 2.75) is 30.2 Å². The molecule has 1 aromatic carbocycles. The number of hydrogen-bond donors (Lipinski definition) is 1. The standard InChI is InChI=1S/C21H26N4O4S/c1-24(21-16-8-3-4-10-19(16)30(27,28)23-21)15-20(26)22-14-17(18-9-7-13-29-18)25-11-5-2-6-12-25/h3-4,7-10,13,17H,2,5-6,11-12,14-15H2,1H3,(H,22,26). The molecule has 0 spiro atoms. The second-order valence-electron chi connectivity index (χ2n) is 7.67. The Balaban J connectivity index is 1.40. The number of hydrogen-bond acceptors (Lipinski definition) is 6. The molecule has 0 saturated carbocycles. The average Bonchev–Trinajstić information content (AvgIpc) is 3.36. The number of furan rings is 1. The van der Waals surface area contributed by atoms with Crippen molar-refractivity contribution in [3.05, 3.63) is 54.0 Å². The molecule has 0 aliphatic carbocycles. The molecule has 9 heteroatoms. The zero-order valence-electron chi connectivity index (χ0n) is 17.0. The smallest absolute Gasteiger partial charge is 0.285 e. The van der Waals surface area contributed by atoms with E-state index in [4.69, 9.17) is 4.42 Å². The lowest BCUT2D eigenvalue weighted by Crippen LogP contribution is -2.43. The number of nitrogens with one attached hydrogen (secondary N) is 1. The molecule has 160 valence electrons. The van der Waals surface area contributed by atoms with E-state index in [0.29, 0.717) is 17.9 Å². The summed E-state index contributed by atoms with van der Waals surface area (Å²) in [7, 11) is -2.04. The summed E-state index contributed by atoms with van der Waals surface area (Å²) in [5, 5.41) is 2.98. The lowest BCUT2D eigenvalue weighted by molar-refractivity contribution is -0.121. The fourth-order valence-corrected chi connectivity index (χ4v) is 5.29. The lowest BCUT2D eigenvalue weighted by Gasteiger charge is -2.33. The van der Waals surface area contributed by atoms with Gasteiger partial charge in [-0.3, -0.25) is 9.69 Å². The molecule has 1 N–H and O–H groups in total. The quantitative estimate of drug-likeness (QED) is 0.753. The molecule has 1 atom stereocenters. The normalized spacial score (nSPS) is 19.0. The fraction of sp³-hybridized carbons (Fsp3) is 0.429. The number of sulfonamides is 1. The van der Waals surface area contributed by atoms with E-state index in [1.807, 2.05) is 12.1 Å². The van der Waals surface area contributed by atoms with Crippen molar-refractivity contribution in [1.29, 1.82) is 0 Å². The number of piperidine rings is 1. The molecule has 1 saturated heterocycles. The maximum atomic E-state index is 12.6. The Morgan fingerprint density at radius 2 is 1.97 bits per heavy atom. The van der Waals surface area contributed by atoms with Crippen LogP contribution in [0.25, 0.3) is 0 Å². The Morgan fingerprint density at radius 3 is 2.70 bits per heavy atom. The molecule has 1 aromatic heterocycles. The molecule has 3 heterocycles. The number of carbonyl (C=O) groups excluding carboxylic acids is 1. The molecule has 2 aliphatic rings. The zero-order chi connectivity index (χ0) is 21.1. The van der Waals surface area contributed by atoms with E-state index in [1.54, 1.807) is 36.4 Å². The van der Waals surface area contributed by atoms with Crippen LogP contribution in [0.3, 0.4) is 0 Å². The number of benzene rings is 1. The van der Waals surface area contributed by atoms with Crippen molar-refractivity contribution in [2.24, 2.45) is 4.40 Å². The summed E-state index contributed by atoms with van der Waals surface area (Å²) in [6.07, 6.45) is 5.16.